The van der Waals surface area contributed by atoms with E-state index in [9.17, 15) is 4.79 Å². The van der Waals surface area contributed by atoms with Gasteiger partial charge in [-0.05, 0) is 56.6 Å². The maximum absolute atomic E-state index is 13.3. The van der Waals surface area contributed by atoms with Crippen LogP contribution in [0.25, 0.3) is 0 Å². The highest BCUT2D eigenvalue weighted by molar-refractivity contribution is 5.91. The van der Waals surface area contributed by atoms with Crippen molar-refractivity contribution in [1.82, 2.24) is 9.80 Å². The number of allylic oxidation sites excluding steroid dienone is 1. The highest BCUT2D eigenvalue weighted by atomic mass is 16.1. The van der Waals surface area contributed by atoms with Crippen LogP contribution in [-0.2, 0) is 10.2 Å². The first-order chi connectivity index (χ1) is 16.0. The second kappa shape index (κ2) is 10.7. The third-order valence-corrected chi connectivity index (χ3v) is 7.79. The van der Waals surface area contributed by atoms with Crippen molar-refractivity contribution in [3.05, 3.63) is 83.4 Å². The first-order valence-electron chi connectivity index (χ1n) is 12.5. The van der Waals surface area contributed by atoms with E-state index in [1.165, 1.54) is 5.57 Å². The van der Waals surface area contributed by atoms with E-state index in [2.05, 4.69) is 54.0 Å². The summed E-state index contributed by atoms with van der Waals surface area (Å²) in [4.78, 5) is 18.5. The lowest BCUT2D eigenvalue weighted by atomic mass is 9.64. The summed E-state index contributed by atoms with van der Waals surface area (Å²) >= 11 is 0. The number of benzene rings is 2. The molecule has 2 N–H and O–H groups in total. The molecular weight excluding hydrogens is 406 g/mol. The molecule has 4 nitrogen and oxygen atoms in total. The molecule has 2 unspecified atom stereocenters. The van der Waals surface area contributed by atoms with Gasteiger partial charge in [-0.1, -0.05) is 72.3 Å². The number of nitrogens with two attached hydrogens (primary N) is 1. The fourth-order valence-electron chi connectivity index (χ4n) is 6.10. The van der Waals surface area contributed by atoms with Gasteiger partial charge in [0.15, 0.2) is 0 Å². The monoisotopic (exact) mass is 445 g/mol. The van der Waals surface area contributed by atoms with Gasteiger partial charge >= 0.3 is 0 Å². The zero-order valence-electron chi connectivity index (χ0n) is 20.2. The lowest BCUT2D eigenvalue weighted by Crippen LogP contribution is -2.51. The van der Waals surface area contributed by atoms with Gasteiger partial charge in [-0.2, -0.15) is 0 Å². The van der Waals surface area contributed by atoms with Gasteiger partial charge in [0.25, 0.3) is 0 Å². The smallest absolute Gasteiger partial charge is 0.232 e. The molecule has 1 aliphatic carbocycles. The van der Waals surface area contributed by atoms with Crippen molar-refractivity contribution >= 4 is 5.91 Å². The Kier molecular flexibility index (Phi) is 7.67. The Morgan fingerprint density at radius 1 is 0.939 bits per heavy atom. The molecule has 0 bridgehead atoms. The lowest BCUT2D eigenvalue weighted by Gasteiger charge is -2.40. The van der Waals surface area contributed by atoms with Crippen LogP contribution in [0.2, 0.25) is 0 Å². The Morgan fingerprint density at radius 2 is 1.52 bits per heavy atom. The third kappa shape index (κ3) is 5.07. The summed E-state index contributed by atoms with van der Waals surface area (Å²) in [6.07, 6.45) is 6.66. The maximum Gasteiger partial charge on any atom is 0.232 e. The van der Waals surface area contributed by atoms with Gasteiger partial charge in [0.1, 0.15) is 5.41 Å². The standard InChI is InChI=1S/C29H39N3O/c1-23(2)10-9-17-31-18-20-32(21-19-31)27-16-15-26(22-27)29(28(30)33,24-11-5-3-6-12-24)25-13-7-4-8-14-25/h3-8,10-14,26-27H,9,15-22H2,1-2H3,(H2,30,33). The summed E-state index contributed by atoms with van der Waals surface area (Å²) in [5.74, 6) is -0.0184. The number of carbonyl (C=O) groups excluding carboxylic acids is 1. The molecule has 1 amide bonds. The molecular formula is C29H39N3O. The Bertz CT molecular complexity index is 888. The van der Waals surface area contributed by atoms with Crippen LogP contribution in [0, 0.1) is 5.92 Å². The summed E-state index contributed by atoms with van der Waals surface area (Å²) in [5.41, 5.74) is 8.94. The lowest BCUT2D eigenvalue weighted by molar-refractivity contribution is -0.123. The summed E-state index contributed by atoms with van der Waals surface area (Å²) in [7, 11) is 0. The minimum atomic E-state index is -0.774. The van der Waals surface area contributed by atoms with Crippen molar-refractivity contribution in [2.75, 3.05) is 32.7 Å². The van der Waals surface area contributed by atoms with Gasteiger partial charge in [0.2, 0.25) is 5.91 Å². The van der Waals surface area contributed by atoms with Crippen LogP contribution in [0.3, 0.4) is 0 Å². The number of amides is 1. The van der Waals surface area contributed by atoms with Crippen molar-refractivity contribution in [3.63, 3.8) is 0 Å². The van der Waals surface area contributed by atoms with Gasteiger partial charge in [-0.25, -0.2) is 0 Å². The largest absolute Gasteiger partial charge is 0.369 e. The van der Waals surface area contributed by atoms with Crippen LogP contribution in [0.4, 0.5) is 0 Å². The second-order valence-electron chi connectivity index (χ2n) is 10.0. The van der Waals surface area contributed by atoms with Crippen LogP contribution in [0.15, 0.2) is 72.3 Å². The zero-order chi connectivity index (χ0) is 23.3. The third-order valence-electron chi connectivity index (χ3n) is 7.79. The van der Waals surface area contributed by atoms with Gasteiger partial charge < -0.3 is 10.6 Å². The molecule has 2 aromatic carbocycles. The fraction of sp³-hybridized carbons (Fsp3) is 0.483. The van der Waals surface area contributed by atoms with E-state index in [1.807, 2.05) is 36.4 Å². The summed E-state index contributed by atoms with van der Waals surface area (Å²) < 4.78 is 0. The van der Waals surface area contributed by atoms with Crippen LogP contribution in [0.5, 0.6) is 0 Å². The molecule has 2 aromatic rings. The van der Waals surface area contributed by atoms with E-state index in [0.717, 1.165) is 69.5 Å². The SMILES string of the molecule is CC(C)=CCCN1CCN(C2CCC(C(C(N)=O)(c3ccccc3)c3ccccc3)C2)CC1. The molecule has 2 atom stereocenters. The second-order valence-corrected chi connectivity index (χ2v) is 10.0. The van der Waals surface area contributed by atoms with Crippen LogP contribution in [-0.4, -0.2) is 54.5 Å². The number of rotatable bonds is 8. The Balaban J connectivity index is 1.50. The molecule has 4 rings (SSSR count). The van der Waals surface area contributed by atoms with Crippen LogP contribution < -0.4 is 5.73 Å². The molecule has 1 saturated carbocycles. The van der Waals surface area contributed by atoms with E-state index in [0.29, 0.717) is 6.04 Å². The average Bonchev–Trinajstić information content (AvgIpc) is 3.31. The molecule has 0 spiro atoms. The Labute approximate surface area is 199 Å². The highest BCUT2D eigenvalue weighted by Crippen LogP contribution is 2.47. The summed E-state index contributed by atoms with van der Waals surface area (Å²) in [6, 6.07) is 21.0. The van der Waals surface area contributed by atoms with E-state index >= 15 is 0 Å². The topological polar surface area (TPSA) is 49.6 Å². The first kappa shape index (κ1) is 23.7. The van der Waals surface area contributed by atoms with E-state index < -0.39 is 5.41 Å². The van der Waals surface area contributed by atoms with Gasteiger partial charge in [-0.3, -0.25) is 9.69 Å². The fourth-order valence-corrected chi connectivity index (χ4v) is 6.10. The molecule has 176 valence electrons. The minimum Gasteiger partial charge on any atom is -0.369 e. The van der Waals surface area contributed by atoms with Crippen molar-refractivity contribution in [1.29, 1.82) is 0 Å². The van der Waals surface area contributed by atoms with E-state index in [-0.39, 0.29) is 11.8 Å². The van der Waals surface area contributed by atoms with Crippen molar-refractivity contribution in [3.8, 4) is 0 Å². The van der Waals surface area contributed by atoms with Crippen molar-refractivity contribution in [2.45, 2.75) is 51.0 Å². The van der Waals surface area contributed by atoms with Gasteiger partial charge in [-0.15, -0.1) is 0 Å². The average molecular weight is 446 g/mol. The Morgan fingerprint density at radius 3 is 2.03 bits per heavy atom. The van der Waals surface area contributed by atoms with E-state index in [4.69, 9.17) is 5.73 Å². The van der Waals surface area contributed by atoms with Gasteiger partial charge in [0, 0.05) is 38.8 Å². The predicted molar refractivity (Wildman–Crippen MR) is 136 cm³/mol. The zero-order valence-corrected chi connectivity index (χ0v) is 20.2. The number of hydrogen-bond donors (Lipinski definition) is 1. The summed E-state index contributed by atoms with van der Waals surface area (Å²) in [6.45, 7) is 10.0. The first-order valence-corrected chi connectivity index (χ1v) is 12.5. The van der Waals surface area contributed by atoms with Crippen LogP contribution >= 0.6 is 0 Å². The molecule has 1 heterocycles. The Hall–Kier alpha value is -2.43. The maximum atomic E-state index is 13.3. The number of primary amides is 1. The number of piperazine rings is 1. The van der Waals surface area contributed by atoms with E-state index in [1.54, 1.807) is 0 Å². The summed E-state index contributed by atoms with van der Waals surface area (Å²) in [5, 5.41) is 0. The number of nitrogens with zero attached hydrogens (tertiary/aromatic N) is 2. The van der Waals surface area contributed by atoms with Crippen molar-refractivity contribution < 1.29 is 4.79 Å². The normalized spacial score (nSPS) is 22.2. The molecule has 4 heteroatoms. The molecule has 0 radical (unpaired) electrons. The molecule has 1 saturated heterocycles. The molecule has 33 heavy (non-hydrogen) atoms. The predicted octanol–water partition coefficient (Wildman–Crippen LogP) is 4.60. The number of carbonyl (C=O) groups is 1. The van der Waals surface area contributed by atoms with Gasteiger partial charge in [0.05, 0.1) is 0 Å². The highest BCUT2D eigenvalue weighted by Gasteiger charge is 2.50. The quantitative estimate of drug-likeness (QED) is 0.604. The molecule has 2 aliphatic rings. The molecule has 1 aliphatic heterocycles. The molecule has 0 aromatic heterocycles. The minimum absolute atomic E-state index is 0.209. The molecule has 2 fully saturated rings. The van der Waals surface area contributed by atoms with Crippen molar-refractivity contribution in [2.24, 2.45) is 11.7 Å². The number of hydrogen-bond acceptors (Lipinski definition) is 3. The van der Waals surface area contributed by atoms with Crippen LogP contribution in [0.1, 0.15) is 50.7 Å².